The van der Waals surface area contributed by atoms with Crippen LogP contribution in [0.15, 0.2) is 0 Å². The fourth-order valence-corrected chi connectivity index (χ4v) is 13.7. The average Bonchev–Trinajstić information content (AvgIpc) is 3.31. The van der Waals surface area contributed by atoms with Gasteiger partial charge < -0.3 is 21.1 Å². The van der Waals surface area contributed by atoms with Crippen molar-refractivity contribution in [3.8, 4) is 0 Å². The molecule has 4 aliphatic rings. The standard InChI is InChI=1S/C59H112N8O3/c1-11-13-15-17-19-21-23-25-33-39-51(47-43-56(3,4)66(57(5,6)44-47)69-49-35-29-27-30-36-49)61-54-63-53(60-41-42-68)64-55(65-54)62-52(40-34-26-24-22-20-18-16-14-12-2)48-45-58(7,8)67(59(9,10)46-48)70-50-37-31-28-32-38-50/h47-52,68H,11-46H2,1-10H3,(H3,60,61,62,63,64,65). The largest absolute Gasteiger partial charge is 0.395 e. The van der Waals surface area contributed by atoms with Crippen molar-refractivity contribution in [2.24, 2.45) is 11.8 Å². The van der Waals surface area contributed by atoms with Gasteiger partial charge in [-0.15, -0.1) is 0 Å². The highest BCUT2D eigenvalue weighted by Gasteiger charge is 2.51. The fraction of sp³-hybridized carbons (Fsp3) is 0.949. The Kier molecular flexibility index (Phi) is 25.3. The van der Waals surface area contributed by atoms with Crippen LogP contribution in [0.5, 0.6) is 0 Å². The summed E-state index contributed by atoms with van der Waals surface area (Å²) in [5.74, 6) is 2.61. The molecule has 2 saturated heterocycles. The maximum Gasteiger partial charge on any atom is 0.229 e. The summed E-state index contributed by atoms with van der Waals surface area (Å²) < 4.78 is 0. The number of nitrogens with one attached hydrogen (secondary N) is 3. The molecule has 0 bridgehead atoms. The van der Waals surface area contributed by atoms with Crippen LogP contribution in [0, 0.1) is 11.8 Å². The van der Waals surface area contributed by atoms with Gasteiger partial charge >= 0.3 is 0 Å². The lowest BCUT2D eigenvalue weighted by Gasteiger charge is -2.56. The monoisotopic (exact) mass is 981 g/mol. The molecule has 2 aliphatic heterocycles. The summed E-state index contributed by atoms with van der Waals surface area (Å²) in [5, 5.41) is 26.2. The van der Waals surface area contributed by atoms with Crippen molar-refractivity contribution in [2.75, 3.05) is 29.1 Å². The van der Waals surface area contributed by atoms with Crippen molar-refractivity contribution in [1.82, 2.24) is 25.1 Å². The Morgan fingerprint density at radius 1 is 0.471 bits per heavy atom. The van der Waals surface area contributed by atoms with Gasteiger partial charge in [0.2, 0.25) is 17.8 Å². The first kappa shape index (κ1) is 59.1. The van der Waals surface area contributed by atoms with Gasteiger partial charge in [0.25, 0.3) is 0 Å². The molecule has 2 aliphatic carbocycles. The minimum absolute atomic E-state index is 0.0109. The fourth-order valence-electron chi connectivity index (χ4n) is 13.7. The highest BCUT2D eigenvalue weighted by atomic mass is 16.7. The van der Waals surface area contributed by atoms with E-state index >= 15 is 0 Å². The molecular formula is C59H112N8O3. The number of hydrogen-bond acceptors (Lipinski definition) is 11. The molecule has 70 heavy (non-hydrogen) atoms. The minimum Gasteiger partial charge on any atom is -0.395 e. The lowest BCUT2D eigenvalue weighted by Crippen LogP contribution is -2.63. The van der Waals surface area contributed by atoms with Crippen molar-refractivity contribution in [3.63, 3.8) is 0 Å². The van der Waals surface area contributed by atoms with Crippen molar-refractivity contribution in [2.45, 2.75) is 334 Å². The zero-order valence-corrected chi connectivity index (χ0v) is 47.4. The summed E-state index contributed by atoms with van der Waals surface area (Å²) in [7, 11) is 0. The molecule has 0 spiro atoms. The molecule has 406 valence electrons. The van der Waals surface area contributed by atoms with Crippen molar-refractivity contribution in [1.29, 1.82) is 0 Å². The van der Waals surface area contributed by atoms with Gasteiger partial charge in [0, 0.05) is 40.8 Å². The summed E-state index contributed by atoms with van der Waals surface area (Å²) in [5.41, 5.74) is -0.489. The summed E-state index contributed by atoms with van der Waals surface area (Å²) >= 11 is 0. The summed E-state index contributed by atoms with van der Waals surface area (Å²) in [6.45, 7) is 24.3. The second-order valence-corrected chi connectivity index (χ2v) is 25.6. The van der Waals surface area contributed by atoms with E-state index in [1.165, 1.54) is 180 Å². The van der Waals surface area contributed by atoms with Crippen LogP contribution in [0.3, 0.4) is 0 Å². The number of anilines is 3. The average molecular weight is 982 g/mol. The van der Waals surface area contributed by atoms with E-state index in [4.69, 9.17) is 24.6 Å². The molecule has 2 atom stereocenters. The lowest BCUT2D eigenvalue weighted by atomic mass is 9.71. The Balaban J connectivity index is 1.38. The molecule has 2 unspecified atom stereocenters. The molecule has 1 aromatic heterocycles. The third-order valence-corrected chi connectivity index (χ3v) is 16.9. The first-order valence-corrected chi connectivity index (χ1v) is 30.1. The predicted molar refractivity (Wildman–Crippen MR) is 295 cm³/mol. The lowest BCUT2D eigenvalue weighted by molar-refractivity contribution is -0.314. The van der Waals surface area contributed by atoms with Gasteiger partial charge in [-0.05, 0) is 131 Å². The van der Waals surface area contributed by atoms with Gasteiger partial charge in [-0.3, -0.25) is 9.68 Å². The SMILES string of the molecule is CCCCCCCCCCCC(Nc1nc(NCCO)nc(NC(CCCCCCCCCCC)C2CC(C)(C)N(OC3CCCCC3)C(C)(C)C2)n1)C1CC(C)(C)N(OC2CCCCC2)C(C)(C)C1. The summed E-state index contributed by atoms with van der Waals surface area (Å²) in [6, 6.07) is 0.405. The Labute approximate surface area is 431 Å². The van der Waals surface area contributed by atoms with E-state index in [2.05, 4.69) is 95.3 Å². The van der Waals surface area contributed by atoms with E-state index in [9.17, 15) is 5.11 Å². The number of aromatic nitrogens is 3. The van der Waals surface area contributed by atoms with Gasteiger partial charge in [0.15, 0.2) is 0 Å². The highest BCUT2D eigenvalue weighted by Crippen LogP contribution is 2.47. The highest BCUT2D eigenvalue weighted by molar-refractivity contribution is 5.43. The Bertz CT molecular complexity index is 1420. The van der Waals surface area contributed by atoms with Crippen LogP contribution in [0.25, 0.3) is 0 Å². The zero-order valence-electron chi connectivity index (χ0n) is 47.4. The van der Waals surface area contributed by atoms with Gasteiger partial charge in [0.1, 0.15) is 0 Å². The van der Waals surface area contributed by atoms with Crippen LogP contribution >= 0.6 is 0 Å². The minimum atomic E-state index is -0.122. The number of nitrogens with zero attached hydrogens (tertiary/aromatic N) is 5. The van der Waals surface area contributed by atoms with Gasteiger partial charge in [-0.25, -0.2) is 0 Å². The van der Waals surface area contributed by atoms with E-state index in [0.29, 0.717) is 48.4 Å². The number of hydroxylamine groups is 4. The molecule has 1 aromatic rings. The normalized spacial score (nSPS) is 22.5. The second kappa shape index (κ2) is 29.9. The third kappa shape index (κ3) is 19.5. The van der Waals surface area contributed by atoms with Crippen LogP contribution < -0.4 is 16.0 Å². The second-order valence-electron chi connectivity index (χ2n) is 25.6. The smallest absolute Gasteiger partial charge is 0.229 e. The van der Waals surface area contributed by atoms with Crippen LogP contribution in [0.1, 0.15) is 288 Å². The summed E-state index contributed by atoms with van der Waals surface area (Å²) in [4.78, 5) is 29.4. The van der Waals surface area contributed by atoms with Gasteiger partial charge in [0.05, 0.1) is 18.8 Å². The molecule has 11 heteroatoms. The summed E-state index contributed by atoms with van der Waals surface area (Å²) in [6.07, 6.45) is 43.1. The number of aliphatic hydroxyl groups is 1. The van der Waals surface area contributed by atoms with Crippen molar-refractivity contribution in [3.05, 3.63) is 0 Å². The molecule has 11 nitrogen and oxygen atoms in total. The molecule has 0 aromatic carbocycles. The first-order chi connectivity index (χ1) is 33.6. The van der Waals surface area contributed by atoms with Crippen molar-refractivity contribution < 1.29 is 14.8 Å². The molecule has 5 rings (SSSR count). The van der Waals surface area contributed by atoms with Gasteiger partial charge in [-0.2, -0.15) is 25.1 Å². The number of unbranched alkanes of at least 4 members (excludes halogenated alkanes) is 16. The Morgan fingerprint density at radius 3 is 1.11 bits per heavy atom. The molecular weight excluding hydrogens is 869 g/mol. The molecule has 2 saturated carbocycles. The van der Waals surface area contributed by atoms with E-state index in [0.717, 1.165) is 38.5 Å². The maximum absolute atomic E-state index is 9.98. The molecule has 4 N–H and O–H groups in total. The maximum atomic E-state index is 9.98. The number of rotatable bonds is 33. The molecule has 3 heterocycles. The zero-order chi connectivity index (χ0) is 50.5. The topological polar surface area (TPSA) is 120 Å². The van der Waals surface area contributed by atoms with E-state index < -0.39 is 0 Å². The first-order valence-electron chi connectivity index (χ1n) is 30.1. The quantitative estimate of drug-likeness (QED) is 0.0504. The van der Waals surface area contributed by atoms with Gasteiger partial charge in [-0.1, -0.05) is 168 Å². The molecule has 0 radical (unpaired) electrons. The number of piperidine rings is 2. The third-order valence-electron chi connectivity index (χ3n) is 16.9. The Morgan fingerprint density at radius 2 is 0.786 bits per heavy atom. The number of hydrogen-bond donors (Lipinski definition) is 4. The van der Waals surface area contributed by atoms with E-state index in [1.54, 1.807) is 0 Å². The van der Waals surface area contributed by atoms with Crippen LogP contribution in [0.4, 0.5) is 17.8 Å². The molecule has 4 fully saturated rings. The predicted octanol–water partition coefficient (Wildman–Crippen LogP) is 15.7. The Hall–Kier alpha value is -1.79. The van der Waals surface area contributed by atoms with Crippen LogP contribution in [-0.2, 0) is 9.68 Å². The molecule has 0 amide bonds. The van der Waals surface area contributed by atoms with E-state index in [-0.39, 0.29) is 40.8 Å². The van der Waals surface area contributed by atoms with Crippen molar-refractivity contribution >= 4 is 17.8 Å². The van der Waals surface area contributed by atoms with Crippen LogP contribution in [0.2, 0.25) is 0 Å². The number of aliphatic hydroxyl groups excluding tert-OH is 1. The van der Waals surface area contributed by atoms with E-state index in [1.807, 2.05) is 0 Å². The van der Waals surface area contributed by atoms with Crippen LogP contribution in [-0.4, -0.2) is 89.8 Å².